The summed E-state index contributed by atoms with van der Waals surface area (Å²) in [6.45, 7) is 8.85. The van der Waals surface area contributed by atoms with Crippen molar-refractivity contribution in [3.05, 3.63) is 45.7 Å². The highest BCUT2D eigenvalue weighted by molar-refractivity contribution is 5.79. The summed E-state index contributed by atoms with van der Waals surface area (Å²) in [7, 11) is 2.12. The first-order chi connectivity index (χ1) is 12.1. The molecule has 3 rings (SSSR count). The summed E-state index contributed by atoms with van der Waals surface area (Å²) in [4.78, 5) is 20.5. The van der Waals surface area contributed by atoms with E-state index in [1.54, 1.807) is 6.07 Å². The number of nitrogens with one attached hydrogen (secondary N) is 1. The molecular weight excluding hydrogens is 314 g/mol. The standard InChI is InChI=1S/C20H29N3O2/c1-16-5-6-19-18(13-16)20(24)14-17(21-19)15-22(2)7-3-4-8-23-9-11-25-12-10-23/h5-6,13-14H,3-4,7-12,15H2,1-2H3,(H,21,24). The molecule has 1 aliphatic rings. The van der Waals surface area contributed by atoms with Crippen LogP contribution in [0.2, 0.25) is 0 Å². The van der Waals surface area contributed by atoms with Crippen LogP contribution in [-0.2, 0) is 11.3 Å². The summed E-state index contributed by atoms with van der Waals surface area (Å²) < 4.78 is 5.38. The fourth-order valence-corrected chi connectivity index (χ4v) is 3.41. The third kappa shape index (κ3) is 5.14. The quantitative estimate of drug-likeness (QED) is 0.784. The zero-order valence-corrected chi connectivity index (χ0v) is 15.4. The normalized spacial score (nSPS) is 16.0. The zero-order valence-electron chi connectivity index (χ0n) is 15.4. The summed E-state index contributed by atoms with van der Waals surface area (Å²) >= 11 is 0. The van der Waals surface area contributed by atoms with E-state index in [-0.39, 0.29) is 5.43 Å². The van der Waals surface area contributed by atoms with Crippen LogP contribution in [0.25, 0.3) is 10.9 Å². The average molecular weight is 343 g/mol. The van der Waals surface area contributed by atoms with Crippen LogP contribution in [0.1, 0.15) is 24.1 Å². The number of fused-ring (bicyclic) bond motifs is 1. The van der Waals surface area contributed by atoms with Gasteiger partial charge in [0.15, 0.2) is 5.43 Å². The van der Waals surface area contributed by atoms with E-state index in [0.29, 0.717) is 0 Å². The maximum Gasteiger partial charge on any atom is 0.189 e. The topological polar surface area (TPSA) is 48.6 Å². The number of benzene rings is 1. The van der Waals surface area contributed by atoms with E-state index in [0.717, 1.165) is 68.1 Å². The molecule has 1 saturated heterocycles. The second-order valence-corrected chi connectivity index (χ2v) is 7.11. The van der Waals surface area contributed by atoms with E-state index < -0.39 is 0 Å². The Morgan fingerprint density at radius 1 is 1.20 bits per heavy atom. The maximum atomic E-state index is 12.3. The molecule has 1 aromatic carbocycles. The van der Waals surface area contributed by atoms with Crippen molar-refractivity contribution in [3.8, 4) is 0 Å². The number of hydrogen-bond acceptors (Lipinski definition) is 4. The van der Waals surface area contributed by atoms with Gasteiger partial charge in [0.2, 0.25) is 0 Å². The number of hydrogen-bond donors (Lipinski definition) is 1. The first kappa shape index (κ1) is 18.1. The van der Waals surface area contributed by atoms with E-state index in [1.807, 2.05) is 25.1 Å². The number of morpholine rings is 1. The van der Waals surface area contributed by atoms with Gasteiger partial charge in [-0.1, -0.05) is 11.6 Å². The molecule has 2 aromatic rings. The summed E-state index contributed by atoms with van der Waals surface area (Å²) in [5, 5.41) is 0.775. The van der Waals surface area contributed by atoms with Crippen molar-refractivity contribution >= 4 is 10.9 Å². The lowest BCUT2D eigenvalue weighted by molar-refractivity contribution is 0.0369. The van der Waals surface area contributed by atoms with Crippen molar-refractivity contribution < 1.29 is 4.74 Å². The van der Waals surface area contributed by atoms with Gasteiger partial charge in [0, 0.05) is 42.3 Å². The molecule has 0 bridgehead atoms. The minimum Gasteiger partial charge on any atom is -0.379 e. The second kappa shape index (κ2) is 8.61. The molecule has 25 heavy (non-hydrogen) atoms. The van der Waals surface area contributed by atoms with Crippen LogP contribution in [0, 0.1) is 6.92 Å². The number of nitrogens with zero attached hydrogens (tertiary/aromatic N) is 2. The van der Waals surface area contributed by atoms with Gasteiger partial charge in [-0.15, -0.1) is 0 Å². The molecule has 0 atom stereocenters. The highest BCUT2D eigenvalue weighted by Crippen LogP contribution is 2.11. The number of aryl methyl sites for hydroxylation is 1. The largest absolute Gasteiger partial charge is 0.379 e. The number of ether oxygens (including phenoxy) is 1. The van der Waals surface area contributed by atoms with E-state index in [9.17, 15) is 4.79 Å². The Balaban J connectivity index is 1.49. The zero-order chi connectivity index (χ0) is 17.6. The average Bonchev–Trinajstić information content (AvgIpc) is 2.60. The molecule has 5 heteroatoms. The van der Waals surface area contributed by atoms with Gasteiger partial charge in [-0.05, 0) is 52.0 Å². The molecule has 1 aliphatic heterocycles. The molecule has 0 radical (unpaired) electrons. The predicted octanol–water partition coefficient (Wildman–Crippen LogP) is 2.38. The third-order valence-corrected chi connectivity index (χ3v) is 4.85. The number of aromatic nitrogens is 1. The molecule has 2 heterocycles. The molecular formula is C20H29N3O2. The lowest BCUT2D eigenvalue weighted by atomic mass is 10.1. The lowest BCUT2D eigenvalue weighted by Gasteiger charge is -2.26. The Kier molecular flexibility index (Phi) is 6.24. The second-order valence-electron chi connectivity index (χ2n) is 7.11. The summed E-state index contributed by atoms with van der Waals surface area (Å²) in [5.41, 5.74) is 3.13. The van der Waals surface area contributed by atoms with Gasteiger partial charge in [-0.2, -0.15) is 0 Å². The fourth-order valence-electron chi connectivity index (χ4n) is 3.41. The molecule has 5 nitrogen and oxygen atoms in total. The molecule has 1 N–H and O–H groups in total. The maximum absolute atomic E-state index is 12.3. The Bertz CT molecular complexity index is 750. The van der Waals surface area contributed by atoms with Crippen LogP contribution in [-0.4, -0.2) is 61.2 Å². The molecule has 0 spiro atoms. The Morgan fingerprint density at radius 3 is 2.80 bits per heavy atom. The van der Waals surface area contributed by atoms with Gasteiger partial charge in [-0.3, -0.25) is 9.69 Å². The van der Waals surface area contributed by atoms with E-state index in [4.69, 9.17) is 4.74 Å². The van der Waals surface area contributed by atoms with Crippen LogP contribution < -0.4 is 5.43 Å². The fraction of sp³-hybridized carbons (Fsp3) is 0.550. The minimum absolute atomic E-state index is 0.105. The predicted molar refractivity (Wildman–Crippen MR) is 102 cm³/mol. The van der Waals surface area contributed by atoms with Gasteiger partial charge < -0.3 is 14.6 Å². The highest BCUT2D eigenvalue weighted by atomic mass is 16.5. The number of unbranched alkanes of at least 4 members (excludes halogenated alkanes) is 1. The number of H-pyrrole nitrogens is 1. The first-order valence-electron chi connectivity index (χ1n) is 9.23. The Hall–Kier alpha value is -1.69. The molecule has 0 amide bonds. The van der Waals surface area contributed by atoms with E-state index in [2.05, 4.69) is 21.8 Å². The van der Waals surface area contributed by atoms with Gasteiger partial charge >= 0.3 is 0 Å². The van der Waals surface area contributed by atoms with Gasteiger partial charge in [0.25, 0.3) is 0 Å². The van der Waals surface area contributed by atoms with E-state index >= 15 is 0 Å². The first-order valence-corrected chi connectivity index (χ1v) is 9.23. The van der Waals surface area contributed by atoms with Gasteiger partial charge in [0.05, 0.1) is 13.2 Å². The summed E-state index contributed by atoms with van der Waals surface area (Å²) in [6.07, 6.45) is 2.38. The molecule has 0 saturated carbocycles. The molecule has 136 valence electrons. The van der Waals surface area contributed by atoms with Crippen molar-refractivity contribution in [1.29, 1.82) is 0 Å². The van der Waals surface area contributed by atoms with Gasteiger partial charge in [-0.25, -0.2) is 0 Å². The Labute approximate surface area is 149 Å². The van der Waals surface area contributed by atoms with Crippen LogP contribution >= 0.6 is 0 Å². The Morgan fingerprint density at radius 2 is 2.00 bits per heavy atom. The lowest BCUT2D eigenvalue weighted by Crippen LogP contribution is -2.37. The van der Waals surface area contributed by atoms with Crippen molar-refractivity contribution in [3.63, 3.8) is 0 Å². The molecule has 0 aliphatic carbocycles. The van der Waals surface area contributed by atoms with Crippen LogP contribution in [0.15, 0.2) is 29.1 Å². The molecule has 0 unspecified atom stereocenters. The number of rotatable bonds is 7. The highest BCUT2D eigenvalue weighted by Gasteiger charge is 2.10. The minimum atomic E-state index is 0.105. The smallest absolute Gasteiger partial charge is 0.189 e. The van der Waals surface area contributed by atoms with Crippen LogP contribution in [0.3, 0.4) is 0 Å². The SMILES string of the molecule is Cc1ccc2[nH]c(CN(C)CCCCN3CCOCC3)cc(=O)c2c1. The van der Waals surface area contributed by atoms with Crippen molar-refractivity contribution in [2.45, 2.75) is 26.3 Å². The third-order valence-electron chi connectivity index (χ3n) is 4.85. The molecule has 1 fully saturated rings. The molecule has 1 aromatic heterocycles. The van der Waals surface area contributed by atoms with Crippen LogP contribution in [0.4, 0.5) is 0 Å². The summed E-state index contributed by atoms with van der Waals surface area (Å²) in [5.74, 6) is 0. The van der Waals surface area contributed by atoms with Crippen molar-refractivity contribution in [2.75, 3.05) is 46.4 Å². The number of aromatic amines is 1. The van der Waals surface area contributed by atoms with Crippen LogP contribution in [0.5, 0.6) is 0 Å². The van der Waals surface area contributed by atoms with Gasteiger partial charge in [0.1, 0.15) is 0 Å². The monoisotopic (exact) mass is 343 g/mol. The number of pyridine rings is 1. The van der Waals surface area contributed by atoms with Crippen molar-refractivity contribution in [2.24, 2.45) is 0 Å². The summed E-state index contributed by atoms with van der Waals surface area (Å²) in [6, 6.07) is 7.73. The van der Waals surface area contributed by atoms with E-state index in [1.165, 1.54) is 12.8 Å². The van der Waals surface area contributed by atoms with Crippen molar-refractivity contribution in [1.82, 2.24) is 14.8 Å².